The van der Waals surface area contributed by atoms with Crippen molar-refractivity contribution in [3.8, 4) is 44.5 Å². The number of anilines is 6. The molecule has 0 heterocycles. The van der Waals surface area contributed by atoms with Crippen molar-refractivity contribution in [2.75, 3.05) is 9.80 Å². The lowest BCUT2D eigenvalue weighted by Gasteiger charge is -2.26. The number of para-hydroxylation sites is 4. The Balaban J connectivity index is 0.900. The van der Waals surface area contributed by atoms with E-state index in [0.29, 0.717) is 0 Å². The van der Waals surface area contributed by atoms with Gasteiger partial charge in [-0.1, -0.05) is 218 Å². The largest absolute Gasteiger partial charge is 0.311 e. The Kier molecular flexibility index (Phi) is 10.9. The van der Waals surface area contributed by atoms with Gasteiger partial charge in [0.2, 0.25) is 0 Å². The summed E-state index contributed by atoms with van der Waals surface area (Å²) in [5.74, 6) is 0. The highest BCUT2D eigenvalue weighted by Gasteiger charge is 2.21. The summed E-state index contributed by atoms with van der Waals surface area (Å²) in [6, 6.07) is 106. The summed E-state index contributed by atoms with van der Waals surface area (Å²) in [6.45, 7) is 0. The van der Waals surface area contributed by atoms with Crippen LogP contribution in [0.15, 0.2) is 291 Å². The van der Waals surface area contributed by atoms with Gasteiger partial charge in [-0.05, 0) is 160 Å². The van der Waals surface area contributed by atoms with Crippen LogP contribution in [0.5, 0.6) is 0 Å². The van der Waals surface area contributed by atoms with E-state index in [1.54, 1.807) is 0 Å². The van der Waals surface area contributed by atoms with Crippen LogP contribution in [0.25, 0.3) is 87.6 Å². The maximum Gasteiger partial charge on any atom is 0.0462 e. The Morgan fingerprint density at radius 3 is 0.486 bits per heavy atom. The summed E-state index contributed by atoms with van der Waals surface area (Å²) in [4.78, 5) is 4.64. The van der Waals surface area contributed by atoms with Gasteiger partial charge in [0, 0.05) is 34.1 Å². The van der Waals surface area contributed by atoms with E-state index in [4.69, 9.17) is 0 Å². The molecular formula is C70H48N2. The number of nitrogens with zero attached hydrogens (tertiary/aromatic N) is 2. The molecule has 0 aliphatic heterocycles. The lowest BCUT2D eigenvalue weighted by molar-refractivity contribution is 1.28. The zero-order chi connectivity index (χ0) is 47.8. The summed E-state index contributed by atoms with van der Waals surface area (Å²) in [5, 5.41) is 9.89. The van der Waals surface area contributed by atoms with Crippen molar-refractivity contribution in [3.05, 3.63) is 291 Å². The van der Waals surface area contributed by atoms with Crippen LogP contribution in [-0.4, -0.2) is 0 Å². The van der Waals surface area contributed by atoms with Crippen LogP contribution in [-0.2, 0) is 0 Å². The van der Waals surface area contributed by atoms with Gasteiger partial charge >= 0.3 is 0 Å². The molecule has 13 rings (SSSR count). The molecule has 0 amide bonds. The number of fused-ring (bicyclic) bond motifs is 4. The van der Waals surface area contributed by atoms with Crippen molar-refractivity contribution >= 4 is 77.2 Å². The molecule has 0 unspecified atom stereocenters. The molecule has 0 aliphatic carbocycles. The first-order chi connectivity index (χ1) is 35.8. The molecule has 2 heteroatoms. The second-order valence-electron chi connectivity index (χ2n) is 18.4. The van der Waals surface area contributed by atoms with E-state index in [1.807, 2.05) is 0 Å². The molecule has 2 nitrogen and oxygen atoms in total. The summed E-state index contributed by atoms with van der Waals surface area (Å²) in [7, 11) is 0. The molecule has 0 fully saturated rings. The average Bonchev–Trinajstić information content (AvgIpc) is 3.46. The van der Waals surface area contributed by atoms with E-state index < -0.39 is 0 Å². The van der Waals surface area contributed by atoms with Gasteiger partial charge in [-0.15, -0.1) is 0 Å². The SMILES string of the molecule is c1ccc(N(c2ccccc2)c2ccc(-c3c4ccccc4c(-c4ccc(-c5c6ccccc6c(-c6ccc(N(c7ccccc7)c7ccccc7)cc6)c6ccccc56)cc4)c4ccccc34)cc2)cc1. The van der Waals surface area contributed by atoms with Crippen LogP contribution in [0, 0.1) is 0 Å². The third-order valence-corrected chi connectivity index (χ3v) is 14.2. The molecule has 0 bridgehead atoms. The van der Waals surface area contributed by atoms with Gasteiger partial charge < -0.3 is 9.80 Å². The lowest BCUT2D eigenvalue weighted by Crippen LogP contribution is -2.09. The van der Waals surface area contributed by atoms with Gasteiger partial charge in [0.25, 0.3) is 0 Å². The molecule has 0 saturated heterocycles. The Bertz CT molecular complexity index is 3580. The predicted molar refractivity (Wildman–Crippen MR) is 308 cm³/mol. The molecule has 72 heavy (non-hydrogen) atoms. The zero-order valence-corrected chi connectivity index (χ0v) is 39.6. The summed E-state index contributed by atoms with van der Waals surface area (Å²) >= 11 is 0. The number of hydrogen-bond acceptors (Lipinski definition) is 2. The molecular weight excluding hydrogens is 869 g/mol. The zero-order valence-electron chi connectivity index (χ0n) is 39.6. The van der Waals surface area contributed by atoms with Crippen LogP contribution in [0.2, 0.25) is 0 Å². The summed E-state index contributed by atoms with van der Waals surface area (Å²) in [5.41, 5.74) is 16.5. The molecule has 0 spiro atoms. The highest BCUT2D eigenvalue weighted by molar-refractivity contribution is 6.23. The van der Waals surface area contributed by atoms with E-state index in [-0.39, 0.29) is 0 Å². The van der Waals surface area contributed by atoms with Gasteiger partial charge in [-0.3, -0.25) is 0 Å². The van der Waals surface area contributed by atoms with Crippen molar-refractivity contribution < 1.29 is 0 Å². The standard InChI is InChI=1S/C70H48N2/c1-5-21-53(22-6-1)71(54-23-7-2-8-24-54)57-45-41-51(42-46-57)69-63-33-17-13-29-59(63)67(60-30-14-18-34-64(60)69)49-37-39-50(40-38-49)68-61-31-15-19-35-65(61)70(66-36-20-16-32-62(66)68)52-43-47-58(48-44-52)72(55-25-9-3-10-26-55)56-27-11-4-12-28-56/h1-48H. The summed E-state index contributed by atoms with van der Waals surface area (Å²) < 4.78 is 0. The van der Waals surface area contributed by atoms with Gasteiger partial charge in [0.15, 0.2) is 0 Å². The molecule has 338 valence electrons. The number of hydrogen-bond donors (Lipinski definition) is 0. The highest BCUT2D eigenvalue weighted by Crippen LogP contribution is 2.48. The Morgan fingerprint density at radius 1 is 0.139 bits per heavy atom. The van der Waals surface area contributed by atoms with Crippen molar-refractivity contribution in [2.45, 2.75) is 0 Å². The molecule has 0 saturated carbocycles. The Labute approximate surface area is 420 Å². The van der Waals surface area contributed by atoms with Crippen LogP contribution in [0.4, 0.5) is 34.1 Å². The molecule has 0 aromatic heterocycles. The first kappa shape index (κ1) is 42.6. The molecule has 13 aromatic carbocycles. The van der Waals surface area contributed by atoms with E-state index in [2.05, 4.69) is 301 Å². The summed E-state index contributed by atoms with van der Waals surface area (Å²) in [6.07, 6.45) is 0. The van der Waals surface area contributed by atoms with Crippen LogP contribution in [0.1, 0.15) is 0 Å². The highest BCUT2D eigenvalue weighted by atomic mass is 15.1. The lowest BCUT2D eigenvalue weighted by atomic mass is 9.84. The smallest absolute Gasteiger partial charge is 0.0462 e. The minimum Gasteiger partial charge on any atom is -0.311 e. The molecule has 0 N–H and O–H groups in total. The first-order valence-electron chi connectivity index (χ1n) is 24.8. The first-order valence-corrected chi connectivity index (χ1v) is 24.8. The van der Waals surface area contributed by atoms with Crippen molar-refractivity contribution in [1.29, 1.82) is 0 Å². The second-order valence-corrected chi connectivity index (χ2v) is 18.4. The minimum absolute atomic E-state index is 1.11. The van der Waals surface area contributed by atoms with E-state index in [9.17, 15) is 0 Å². The fourth-order valence-electron chi connectivity index (χ4n) is 11.1. The average molecular weight is 917 g/mol. The molecule has 0 aliphatic rings. The van der Waals surface area contributed by atoms with Crippen LogP contribution in [0.3, 0.4) is 0 Å². The maximum absolute atomic E-state index is 2.33. The molecule has 0 atom stereocenters. The van der Waals surface area contributed by atoms with Crippen LogP contribution < -0.4 is 9.80 Å². The van der Waals surface area contributed by atoms with Gasteiger partial charge in [-0.2, -0.15) is 0 Å². The number of rotatable bonds is 10. The van der Waals surface area contributed by atoms with Crippen LogP contribution >= 0.6 is 0 Å². The van der Waals surface area contributed by atoms with E-state index in [0.717, 1.165) is 34.1 Å². The van der Waals surface area contributed by atoms with E-state index in [1.165, 1.54) is 87.6 Å². The molecule has 13 aromatic rings. The monoisotopic (exact) mass is 916 g/mol. The van der Waals surface area contributed by atoms with Crippen molar-refractivity contribution in [2.24, 2.45) is 0 Å². The van der Waals surface area contributed by atoms with Crippen molar-refractivity contribution in [3.63, 3.8) is 0 Å². The van der Waals surface area contributed by atoms with Crippen molar-refractivity contribution in [1.82, 2.24) is 0 Å². The third-order valence-electron chi connectivity index (χ3n) is 14.2. The molecule has 0 radical (unpaired) electrons. The Morgan fingerprint density at radius 2 is 0.292 bits per heavy atom. The maximum atomic E-state index is 2.33. The fourth-order valence-corrected chi connectivity index (χ4v) is 11.1. The fraction of sp³-hybridized carbons (Fsp3) is 0. The quantitative estimate of drug-likeness (QED) is 0.126. The van der Waals surface area contributed by atoms with E-state index >= 15 is 0 Å². The second kappa shape index (κ2) is 18.4. The van der Waals surface area contributed by atoms with Gasteiger partial charge in [0.1, 0.15) is 0 Å². The van der Waals surface area contributed by atoms with Gasteiger partial charge in [0.05, 0.1) is 0 Å². The minimum atomic E-state index is 1.11. The third kappa shape index (κ3) is 7.54. The number of benzene rings is 13. The topological polar surface area (TPSA) is 6.48 Å². The van der Waals surface area contributed by atoms with Gasteiger partial charge in [-0.25, -0.2) is 0 Å². The predicted octanol–water partition coefficient (Wildman–Crippen LogP) is 19.9. The normalized spacial score (nSPS) is 11.3. The Hall–Kier alpha value is -9.50.